The molecule has 1 aliphatic rings. The van der Waals surface area contributed by atoms with Gasteiger partial charge in [-0.25, -0.2) is 14.6 Å². The molecule has 1 unspecified atom stereocenters. The second-order valence-corrected chi connectivity index (χ2v) is 7.71. The summed E-state index contributed by atoms with van der Waals surface area (Å²) in [5, 5.41) is 14.6. The van der Waals surface area contributed by atoms with Crippen molar-refractivity contribution in [3.05, 3.63) is 65.6 Å². The van der Waals surface area contributed by atoms with Crippen LogP contribution in [0.2, 0.25) is 0 Å². The lowest BCUT2D eigenvalue weighted by molar-refractivity contribution is 0.0925. The highest BCUT2D eigenvalue weighted by atomic mass is 16.2. The minimum Gasteiger partial charge on any atom is -0.347 e. The maximum Gasteiger partial charge on any atom is 0.270 e. The van der Waals surface area contributed by atoms with Gasteiger partial charge < -0.3 is 5.32 Å². The fraction of sp³-hybridized carbons (Fsp3) is 0.273. The Morgan fingerprint density at radius 1 is 1.16 bits per heavy atom. The van der Waals surface area contributed by atoms with Crippen molar-refractivity contribution in [3.8, 4) is 22.6 Å². The Labute approximate surface area is 179 Å². The summed E-state index contributed by atoms with van der Waals surface area (Å²) >= 11 is 0. The van der Waals surface area contributed by atoms with Gasteiger partial charge >= 0.3 is 0 Å². The Balaban J connectivity index is 1.34. The Hall–Kier alpha value is -3.88. The number of benzene rings is 1. The fourth-order valence-corrected chi connectivity index (χ4v) is 3.83. The molecular weight excluding hydrogens is 392 g/mol. The molecule has 31 heavy (non-hydrogen) atoms. The molecule has 9 nitrogen and oxygen atoms in total. The smallest absolute Gasteiger partial charge is 0.270 e. The van der Waals surface area contributed by atoms with E-state index in [1.165, 1.54) is 0 Å². The molecule has 1 aliphatic heterocycles. The number of nitrogens with zero attached hydrogens (tertiary/aromatic N) is 6. The quantitative estimate of drug-likeness (QED) is 0.530. The molecule has 1 atom stereocenters. The summed E-state index contributed by atoms with van der Waals surface area (Å²) in [4.78, 5) is 26.6. The average molecular weight is 414 g/mol. The molecule has 1 aromatic carbocycles. The zero-order valence-electron chi connectivity index (χ0n) is 17.3. The number of nitrogens with one attached hydrogen (secondary N) is 2. The molecule has 4 aromatic rings. The number of amides is 1. The summed E-state index contributed by atoms with van der Waals surface area (Å²) < 4.78 is 1.93. The normalized spacial score (nSPS) is 15.5. The first-order valence-electron chi connectivity index (χ1n) is 10.2. The molecule has 0 saturated heterocycles. The van der Waals surface area contributed by atoms with Crippen LogP contribution in [0.3, 0.4) is 0 Å². The molecule has 0 radical (unpaired) electrons. The number of hydrogen-bond acceptors (Lipinski definition) is 6. The molecule has 0 spiro atoms. The van der Waals surface area contributed by atoms with E-state index in [0.29, 0.717) is 35.7 Å². The fourth-order valence-electron chi connectivity index (χ4n) is 3.83. The molecule has 0 saturated carbocycles. The van der Waals surface area contributed by atoms with Crippen molar-refractivity contribution >= 4 is 5.91 Å². The molecule has 9 heteroatoms. The van der Waals surface area contributed by atoms with E-state index in [0.717, 1.165) is 29.2 Å². The molecule has 156 valence electrons. The van der Waals surface area contributed by atoms with Gasteiger partial charge in [0.1, 0.15) is 11.5 Å². The molecular formula is C22H22N8O. The van der Waals surface area contributed by atoms with E-state index >= 15 is 0 Å². The summed E-state index contributed by atoms with van der Waals surface area (Å²) in [5.41, 5.74) is 4.22. The second kappa shape index (κ2) is 7.75. The van der Waals surface area contributed by atoms with Crippen molar-refractivity contribution in [3.63, 3.8) is 0 Å². The predicted octanol–water partition coefficient (Wildman–Crippen LogP) is 2.49. The molecule has 5 rings (SSSR count). The lowest BCUT2D eigenvalue weighted by Crippen LogP contribution is -2.40. The zero-order valence-corrected chi connectivity index (χ0v) is 17.3. The number of carbonyl (C=O) groups excluding carboxylic acids is 1. The van der Waals surface area contributed by atoms with Crippen LogP contribution in [0.5, 0.6) is 0 Å². The first kappa shape index (κ1) is 19.1. The van der Waals surface area contributed by atoms with Gasteiger partial charge in [-0.2, -0.15) is 10.2 Å². The van der Waals surface area contributed by atoms with E-state index in [-0.39, 0.29) is 11.9 Å². The van der Waals surface area contributed by atoms with Gasteiger partial charge in [-0.05, 0) is 20.3 Å². The van der Waals surface area contributed by atoms with Crippen molar-refractivity contribution in [1.82, 2.24) is 40.2 Å². The first-order valence-corrected chi connectivity index (χ1v) is 10.2. The van der Waals surface area contributed by atoms with E-state index in [2.05, 4.69) is 35.6 Å². The number of aromatic amines is 1. The minimum atomic E-state index is -0.212. The summed E-state index contributed by atoms with van der Waals surface area (Å²) in [5.74, 6) is 1.38. The lowest BCUT2D eigenvalue weighted by atomic mass is 10.1. The van der Waals surface area contributed by atoms with E-state index in [4.69, 9.17) is 0 Å². The topological polar surface area (TPSA) is 114 Å². The highest BCUT2D eigenvalue weighted by Gasteiger charge is 2.26. The van der Waals surface area contributed by atoms with Crippen LogP contribution in [0.4, 0.5) is 0 Å². The van der Waals surface area contributed by atoms with Gasteiger partial charge in [0.15, 0.2) is 5.82 Å². The standard InChI is InChI=1S/C22H22N8O/c1-13-11-23-14(2)19(25-13)17-12-24-28-20(17)22(31)26-16-8-9-30-18(10-16)27-21(29-30)15-6-4-3-5-7-15/h3-7,11-12,16H,8-10H2,1-2H3,(H,24,28)(H,26,31). The minimum absolute atomic E-state index is 0.0336. The maximum absolute atomic E-state index is 13.0. The van der Waals surface area contributed by atoms with Crippen LogP contribution in [0.1, 0.15) is 34.1 Å². The Kier molecular flexibility index (Phi) is 4.78. The zero-order chi connectivity index (χ0) is 21.4. The highest BCUT2D eigenvalue weighted by Crippen LogP contribution is 2.24. The number of aromatic nitrogens is 7. The van der Waals surface area contributed by atoms with Crippen molar-refractivity contribution in [2.75, 3.05) is 0 Å². The van der Waals surface area contributed by atoms with Gasteiger partial charge in [-0.3, -0.25) is 14.9 Å². The van der Waals surface area contributed by atoms with Crippen LogP contribution < -0.4 is 5.32 Å². The van der Waals surface area contributed by atoms with Gasteiger partial charge in [0, 0.05) is 30.8 Å². The number of fused-ring (bicyclic) bond motifs is 1. The number of hydrogen-bond donors (Lipinski definition) is 2. The Bertz CT molecular complexity index is 1240. The number of H-pyrrole nitrogens is 1. The van der Waals surface area contributed by atoms with Crippen LogP contribution in [-0.2, 0) is 13.0 Å². The van der Waals surface area contributed by atoms with Crippen LogP contribution in [0.15, 0.2) is 42.7 Å². The summed E-state index contributed by atoms with van der Waals surface area (Å²) in [6.07, 6.45) is 4.73. The van der Waals surface area contributed by atoms with Crippen molar-refractivity contribution < 1.29 is 4.79 Å². The molecule has 0 fully saturated rings. The average Bonchev–Trinajstić information content (AvgIpc) is 3.43. The third kappa shape index (κ3) is 3.70. The van der Waals surface area contributed by atoms with Crippen molar-refractivity contribution in [2.24, 2.45) is 0 Å². The molecule has 4 heterocycles. The van der Waals surface area contributed by atoms with Gasteiger partial charge in [0.05, 0.1) is 28.8 Å². The van der Waals surface area contributed by atoms with Gasteiger partial charge in [0.25, 0.3) is 5.91 Å². The third-order valence-electron chi connectivity index (χ3n) is 5.43. The Morgan fingerprint density at radius 2 is 2.00 bits per heavy atom. The van der Waals surface area contributed by atoms with Crippen LogP contribution in [-0.4, -0.2) is 46.9 Å². The van der Waals surface area contributed by atoms with Crippen LogP contribution in [0, 0.1) is 13.8 Å². The van der Waals surface area contributed by atoms with Crippen molar-refractivity contribution in [2.45, 2.75) is 39.3 Å². The summed E-state index contributed by atoms with van der Waals surface area (Å²) in [6, 6.07) is 9.88. The largest absolute Gasteiger partial charge is 0.347 e. The van der Waals surface area contributed by atoms with Crippen LogP contribution >= 0.6 is 0 Å². The highest BCUT2D eigenvalue weighted by molar-refractivity contribution is 5.98. The predicted molar refractivity (Wildman–Crippen MR) is 114 cm³/mol. The molecule has 1 amide bonds. The maximum atomic E-state index is 13.0. The second-order valence-electron chi connectivity index (χ2n) is 7.71. The Morgan fingerprint density at radius 3 is 2.84 bits per heavy atom. The van der Waals surface area contributed by atoms with Gasteiger partial charge in [0.2, 0.25) is 0 Å². The molecule has 2 N–H and O–H groups in total. The third-order valence-corrected chi connectivity index (χ3v) is 5.43. The monoisotopic (exact) mass is 414 g/mol. The number of rotatable bonds is 4. The number of carbonyl (C=O) groups is 1. The number of aryl methyl sites for hydroxylation is 3. The van der Waals surface area contributed by atoms with Gasteiger partial charge in [-0.15, -0.1) is 0 Å². The van der Waals surface area contributed by atoms with E-state index in [1.54, 1.807) is 12.4 Å². The van der Waals surface area contributed by atoms with E-state index in [9.17, 15) is 4.79 Å². The first-order chi connectivity index (χ1) is 15.1. The van der Waals surface area contributed by atoms with E-state index in [1.807, 2.05) is 48.9 Å². The van der Waals surface area contributed by atoms with Crippen LogP contribution in [0.25, 0.3) is 22.6 Å². The summed E-state index contributed by atoms with van der Waals surface area (Å²) in [7, 11) is 0. The molecule has 0 bridgehead atoms. The molecule has 3 aromatic heterocycles. The van der Waals surface area contributed by atoms with Gasteiger partial charge in [-0.1, -0.05) is 30.3 Å². The van der Waals surface area contributed by atoms with Crippen molar-refractivity contribution in [1.29, 1.82) is 0 Å². The summed E-state index contributed by atoms with van der Waals surface area (Å²) in [6.45, 7) is 4.45. The molecule has 0 aliphatic carbocycles. The SMILES string of the molecule is Cc1cnc(C)c(-c2cn[nH]c2C(=O)NC2CCn3nc(-c4ccccc4)nc3C2)n1. The lowest BCUT2D eigenvalue weighted by Gasteiger charge is -2.23. The van der Waals surface area contributed by atoms with E-state index < -0.39 is 0 Å².